The van der Waals surface area contributed by atoms with Gasteiger partial charge in [0.15, 0.2) is 5.76 Å². The zero-order valence-electron chi connectivity index (χ0n) is 10.1. The molecule has 9 heteroatoms. The number of pyridine rings is 1. The zero-order chi connectivity index (χ0) is 13.9. The van der Waals surface area contributed by atoms with Crippen LogP contribution < -0.4 is 16.0 Å². The molecule has 2 rings (SSSR count). The summed E-state index contributed by atoms with van der Waals surface area (Å²) in [7, 11) is -3.64. The minimum absolute atomic E-state index is 0.0278. The topological polar surface area (TPSA) is 123 Å². The third-order valence-electron chi connectivity index (χ3n) is 2.31. The smallest absolute Gasteiger partial charge is 0.242 e. The lowest BCUT2D eigenvalue weighted by Gasteiger charge is -2.05. The van der Waals surface area contributed by atoms with Crippen LogP contribution in [-0.4, -0.2) is 18.6 Å². The monoisotopic (exact) mass is 283 g/mol. The van der Waals surface area contributed by atoms with Crippen LogP contribution in [0.5, 0.6) is 0 Å². The number of nitrogens with one attached hydrogen (secondary N) is 2. The fourth-order valence-electron chi connectivity index (χ4n) is 1.37. The first-order chi connectivity index (χ1) is 9.01. The molecule has 8 nitrogen and oxygen atoms in total. The van der Waals surface area contributed by atoms with E-state index in [1.54, 1.807) is 13.0 Å². The average molecular weight is 283 g/mol. The van der Waals surface area contributed by atoms with Gasteiger partial charge in [0, 0.05) is 12.3 Å². The number of aromatic nitrogens is 2. The van der Waals surface area contributed by atoms with E-state index in [0.29, 0.717) is 17.3 Å². The lowest BCUT2D eigenvalue weighted by Crippen LogP contribution is -2.23. The van der Waals surface area contributed by atoms with Gasteiger partial charge in [-0.15, -0.1) is 0 Å². The largest absolute Gasteiger partial charge is 0.360 e. The average Bonchev–Trinajstić information content (AvgIpc) is 2.82. The van der Waals surface area contributed by atoms with E-state index in [0.717, 1.165) is 0 Å². The Morgan fingerprint density at radius 1 is 1.42 bits per heavy atom. The summed E-state index contributed by atoms with van der Waals surface area (Å²) in [5.74, 6) is 5.97. The Hall–Kier alpha value is -1.97. The summed E-state index contributed by atoms with van der Waals surface area (Å²) < 4.78 is 31.2. The summed E-state index contributed by atoms with van der Waals surface area (Å²) in [5, 5.41) is 3.67. The van der Waals surface area contributed by atoms with Crippen molar-refractivity contribution < 1.29 is 12.9 Å². The molecule has 0 atom stereocenters. The highest BCUT2D eigenvalue weighted by atomic mass is 32.2. The normalized spacial score (nSPS) is 11.5. The highest BCUT2D eigenvalue weighted by Gasteiger charge is 2.15. The number of hydrogen-bond donors (Lipinski definition) is 3. The van der Waals surface area contributed by atoms with Crippen LogP contribution in [0.3, 0.4) is 0 Å². The van der Waals surface area contributed by atoms with Crippen molar-refractivity contribution in [3.8, 4) is 0 Å². The van der Waals surface area contributed by atoms with Gasteiger partial charge in [-0.25, -0.2) is 24.0 Å². The van der Waals surface area contributed by atoms with Crippen molar-refractivity contribution in [3.05, 3.63) is 35.9 Å². The molecule has 0 unspecified atom stereocenters. The SMILES string of the molecule is Cc1cc(CNS(=O)(=O)c2ccc(NN)nc2)on1. The first-order valence-electron chi connectivity index (χ1n) is 5.36. The van der Waals surface area contributed by atoms with Crippen LogP contribution in [0.1, 0.15) is 11.5 Å². The zero-order valence-corrected chi connectivity index (χ0v) is 10.9. The molecule has 0 aliphatic carbocycles. The third-order valence-corrected chi connectivity index (χ3v) is 3.69. The van der Waals surface area contributed by atoms with Gasteiger partial charge in [-0.1, -0.05) is 5.16 Å². The number of hydrazine groups is 1. The van der Waals surface area contributed by atoms with Gasteiger partial charge in [0.1, 0.15) is 10.7 Å². The Labute approximate surface area is 110 Å². The number of nitrogen functional groups attached to an aromatic ring is 1. The Morgan fingerprint density at radius 2 is 2.21 bits per heavy atom. The Morgan fingerprint density at radius 3 is 2.74 bits per heavy atom. The van der Waals surface area contributed by atoms with Crippen LogP contribution in [0.15, 0.2) is 33.8 Å². The van der Waals surface area contributed by atoms with Gasteiger partial charge in [-0.3, -0.25) is 0 Å². The molecule has 0 fully saturated rings. The predicted octanol–water partition coefficient (Wildman–Crippen LogP) is 0.142. The number of nitrogens with zero attached hydrogens (tertiary/aromatic N) is 2. The van der Waals surface area contributed by atoms with E-state index in [9.17, 15) is 8.42 Å². The van der Waals surface area contributed by atoms with Gasteiger partial charge < -0.3 is 9.95 Å². The predicted molar refractivity (Wildman–Crippen MR) is 67.3 cm³/mol. The molecule has 102 valence electrons. The maximum absolute atomic E-state index is 11.9. The molecule has 0 aliphatic rings. The molecular formula is C10H13N5O3S. The first kappa shape index (κ1) is 13.5. The molecule has 2 heterocycles. The van der Waals surface area contributed by atoms with E-state index >= 15 is 0 Å². The number of rotatable bonds is 5. The molecule has 4 N–H and O–H groups in total. The van der Waals surface area contributed by atoms with Crippen LogP contribution in [0.25, 0.3) is 0 Å². The molecule has 0 spiro atoms. The third kappa shape index (κ3) is 3.28. The van der Waals surface area contributed by atoms with Gasteiger partial charge in [-0.05, 0) is 19.1 Å². The van der Waals surface area contributed by atoms with Gasteiger partial charge >= 0.3 is 0 Å². The molecule has 0 bridgehead atoms. The first-order valence-corrected chi connectivity index (χ1v) is 6.84. The molecule has 0 aliphatic heterocycles. The van der Waals surface area contributed by atoms with Crippen molar-refractivity contribution in [2.24, 2.45) is 5.84 Å². The van der Waals surface area contributed by atoms with E-state index in [2.05, 4.69) is 20.3 Å². The molecule has 2 aromatic heterocycles. The molecular weight excluding hydrogens is 270 g/mol. The van der Waals surface area contributed by atoms with Gasteiger partial charge in [-0.2, -0.15) is 0 Å². The van der Waals surface area contributed by atoms with Crippen LogP contribution in [0.4, 0.5) is 5.82 Å². The van der Waals surface area contributed by atoms with E-state index < -0.39 is 10.0 Å². The number of nitrogens with two attached hydrogens (primary N) is 1. The van der Waals surface area contributed by atoms with Gasteiger partial charge in [0.05, 0.1) is 12.2 Å². The van der Waals surface area contributed by atoms with Crippen LogP contribution in [-0.2, 0) is 16.6 Å². The molecule has 19 heavy (non-hydrogen) atoms. The second-order valence-corrected chi connectivity index (χ2v) is 5.55. The van der Waals surface area contributed by atoms with Crippen molar-refractivity contribution >= 4 is 15.8 Å². The van der Waals surface area contributed by atoms with Crippen molar-refractivity contribution in [3.63, 3.8) is 0 Å². The van der Waals surface area contributed by atoms with Crippen LogP contribution >= 0.6 is 0 Å². The second kappa shape index (κ2) is 5.34. The molecule has 0 saturated heterocycles. The van der Waals surface area contributed by atoms with Crippen LogP contribution in [0.2, 0.25) is 0 Å². The van der Waals surface area contributed by atoms with Gasteiger partial charge in [0.25, 0.3) is 0 Å². The van der Waals surface area contributed by atoms with Gasteiger partial charge in [0.2, 0.25) is 10.0 Å². The summed E-state index contributed by atoms with van der Waals surface area (Å²) in [6, 6.07) is 4.52. The Kier molecular flexibility index (Phi) is 3.79. The van der Waals surface area contributed by atoms with E-state index in [1.165, 1.54) is 18.3 Å². The van der Waals surface area contributed by atoms with E-state index in [1.807, 2.05) is 0 Å². The lowest BCUT2D eigenvalue weighted by atomic mass is 10.4. The lowest BCUT2D eigenvalue weighted by molar-refractivity contribution is 0.377. The molecule has 0 saturated carbocycles. The minimum Gasteiger partial charge on any atom is -0.360 e. The Balaban J connectivity index is 2.09. The molecule has 2 aromatic rings. The van der Waals surface area contributed by atoms with E-state index in [4.69, 9.17) is 10.4 Å². The summed E-state index contributed by atoms with van der Waals surface area (Å²) in [5.41, 5.74) is 3.01. The summed E-state index contributed by atoms with van der Waals surface area (Å²) >= 11 is 0. The highest BCUT2D eigenvalue weighted by molar-refractivity contribution is 7.89. The Bertz CT molecular complexity index is 650. The summed E-state index contributed by atoms with van der Waals surface area (Å²) in [6.45, 7) is 1.78. The number of aryl methyl sites for hydroxylation is 1. The van der Waals surface area contributed by atoms with Crippen molar-refractivity contribution in [1.82, 2.24) is 14.9 Å². The summed E-state index contributed by atoms with van der Waals surface area (Å²) in [6.07, 6.45) is 1.21. The molecule has 0 radical (unpaired) electrons. The van der Waals surface area contributed by atoms with Crippen molar-refractivity contribution in [2.45, 2.75) is 18.4 Å². The number of anilines is 1. The summed E-state index contributed by atoms with van der Waals surface area (Å²) in [4.78, 5) is 3.88. The number of hydrogen-bond acceptors (Lipinski definition) is 7. The standard InChI is InChI=1S/C10H13N5O3S/c1-7-4-8(18-15-7)5-13-19(16,17)9-2-3-10(14-11)12-6-9/h2-4,6,13H,5,11H2,1H3,(H,12,14). The van der Waals surface area contributed by atoms with Crippen molar-refractivity contribution in [1.29, 1.82) is 0 Å². The maximum Gasteiger partial charge on any atom is 0.242 e. The fourth-order valence-corrected chi connectivity index (χ4v) is 2.31. The number of sulfonamides is 1. The molecule has 0 amide bonds. The second-order valence-electron chi connectivity index (χ2n) is 3.78. The fraction of sp³-hybridized carbons (Fsp3) is 0.200. The van der Waals surface area contributed by atoms with Crippen LogP contribution in [0, 0.1) is 6.92 Å². The van der Waals surface area contributed by atoms with Crippen molar-refractivity contribution in [2.75, 3.05) is 5.43 Å². The molecule has 0 aromatic carbocycles. The minimum atomic E-state index is -3.64. The highest BCUT2D eigenvalue weighted by Crippen LogP contribution is 2.11. The quantitative estimate of drug-likeness (QED) is 0.527. The van der Waals surface area contributed by atoms with E-state index in [-0.39, 0.29) is 11.4 Å². The maximum atomic E-state index is 11.9.